The van der Waals surface area contributed by atoms with Gasteiger partial charge in [-0.25, -0.2) is 9.50 Å². The van der Waals surface area contributed by atoms with Crippen LogP contribution in [0.3, 0.4) is 0 Å². The van der Waals surface area contributed by atoms with E-state index >= 15 is 0 Å². The van der Waals surface area contributed by atoms with Crippen molar-refractivity contribution in [1.82, 2.24) is 34.4 Å². The normalized spacial score (nSPS) is 19.4. The van der Waals surface area contributed by atoms with Crippen molar-refractivity contribution in [1.29, 1.82) is 0 Å². The van der Waals surface area contributed by atoms with E-state index in [2.05, 4.69) is 20.3 Å². The zero-order valence-electron chi connectivity index (χ0n) is 18.9. The minimum Gasteiger partial charge on any atom is -0.368 e. The lowest BCUT2D eigenvalue weighted by Gasteiger charge is -2.51. The molecule has 178 valence electrons. The Bertz CT molecular complexity index is 1550. The lowest BCUT2D eigenvalue weighted by Crippen LogP contribution is -2.59. The molecule has 1 saturated heterocycles. The van der Waals surface area contributed by atoms with Gasteiger partial charge >= 0.3 is 0 Å². The molecule has 2 aliphatic heterocycles. The number of pyridine rings is 1. The van der Waals surface area contributed by atoms with Gasteiger partial charge in [-0.2, -0.15) is 10.1 Å². The molecule has 0 aromatic carbocycles. The average molecular weight is 492 g/mol. The summed E-state index contributed by atoms with van der Waals surface area (Å²) in [5, 5.41) is 8.02. The third-order valence-corrected chi connectivity index (χ3v) is 7.09. The monoisotopic (exact) mass is 491 g/mol. The van der Waals surface area contributed by atoms with Crippen molar-refractivity contribution in [2.45, 2.75) is 31.8 Å². The fourth-order valence-electron chi connectivity index (χ4n) is 4.90. The number of nitrogens with one attached hydrogen (secondary N) is 1. The number of aromatic nitrogens is 6. The van der Waals surface area contributed by atoms with E-state index in [1.165, 1.54) is 4.52 Å². The van der Waals surface area contributed by atoms with Gasteiger partial charge in [-0.3, -0.25) is 19.1 Å². The molecule has 1 amide bonds. The smallest absolute Gasteiger partial charge is 0.279 e. The molecule has 11 nitrogen and oxygen atoms in total. The van der Waals surface area contributed by atoms with Crippen molar-refractivity contribution in [2.75, 3.05) is 23.7 Å². The first-order valence-corrected chi connectivity index (χ1v) is 11.6. The predicted octanol–water partition coefficient (Wildman–Crippen LogP) is 1.38. The molecule has 12 heteroatoms. The highest BCUT2D eigenvalue weighted by Crippen LogP contribution is 2.44. The minimum atomic E-state index is -0.745. The largest absolute Gasteiger partial charge is 0.368 e. The van der Waals surface area contributed by atoms with Crippen LogP contribution in [0, 0.1) is 0 Å². The maximum Gasteiger partial charge on any atom is 0.279 e. The lowest BCUT2D eigenvalue weighted by atomic mass is 9.84. The molecule has 0 spiro atoms. The summed E-state index contributed by atoms with van der Waals surface area (Å²) in [4.78, 5) is 41.6. The maximum atomic E-state index is 13.7. The third-order valence-electron chi connectivity index (χ3n) is 6.78. The summed E-state index contributed by atoms with van der Waals surface area (Å²) in [6.07, 6.45) is 4.60. The lowest BCUT2D eigenvalue weighted by molar-refractivity contribution is 0.0944. The Hall–Kier alpha value is -3.99. The molecule has 0 aliphatic carbocycles. The summed E-state index contributed by atoms with van der Waals surface area (Å²) in [5.41, 5.74) is 7.05. The average Bonchev–Trinajstić information content (AvgIpc) is 3.20. The summed E-state index contributed by atoms with van der Waals surface area (Å²) >= 11 is 6.33. The molecule has 4 aromatic rings. The van der Waals surface area contributed by atoms with E-state index in [9.17, 15) is 9.59 Å². The van der Waals surface area contributed by atoms with Gasteiger partial charge in [0.1, 0.15) is 22.4 Å². The van der Waals surface area contributed by atoms with Gasteiger partial charge < -0.3 is 16.0 Å². The number of anilines is 2. The molecule has 35 heavy (non-hydrogen) atoms. The number of carbonyl (C=O) groups excluding carboxylic acids is 1. The first-order valence-electron chi connectivity index (χ1n) is 11.3. The second-order valence-electron chi connectivity index (χ2n) is 8.90. The first-order chi connectivity index (χ1) is 16.9. The van der Waals surface area contributed by atoms with Gasteiger partial charge in [0, 0.05) is 31.9 Å². The van der Waals surface area contributed by atoms with E-state index in [0.717, 1.165) is 0 Å². The van der Waals surface area contributed by atoms with Crippen LogP contribution in [0.25, 0.3) is 5.52 Å². The fraction of sp³-hybridized carbons (Fsp3) is 0.304. The van der Waals surface area contributed by atoms with Crippen molar-refractivity contribution in [3.8, 4) is 0 Å². The molecule has 2 aliphatic rings. The summed E-state index contributed by atoms with van der Waals surface area (Å²) < 4.78 is 3.11. The Labute approximate surface area is 204 Å². The van der Waals surface area contributed by atoms with Gasteiger partial charge in [-0.1, -0.05) is 17.7 Å². The van der Waals surface area contributed by atoms with Crippen LogP contribution < -0.4 is 21.5 Å². The van der Waals surface area contributed by atoms with Crippen molar-refractivity contribution in [3.63, 3.8) is 0 Å². The number of nitrogens with zero attached hydrogens (tertiary/aromatic N) is 7. The summed E-state index contributed by atoms with van der Waals surface area (Å²) in [7, 11) is 0. The second-order valence-corrected chi connectivity index (χ2v) is 9.31. The van der Waals surface area contributed by atoms with E-state index in [-0.39, 0.29) is 24.0 Å². The quantitative estimate of drug-likeness (QED) is 0.437. The van der Waals surface area contributed by atoms with Crippen LogP contribution in [0.2, 0.25) is 5.02 Å². The zero-order chi connectivity index (χ0) is 24.3. The summed E-state index contributed by atoms with van der Waals surface area (Å²) in [6.45, 7) is 3.30. The first kappa shape index (κ1) is 21.5. The Balaban J connectivity index is 1.54. The number of carbonyl (C=O) groups is 1. The predicted molar refractivity (Wildman–Crippen MR) is 130 cm³/mol. The molecular weight excluding hydrogens is 470 g/mol. The van der Waals surface area contributed by atoms with Crippen LogP contribution in [0.1, 0.15) is 40.9 Å². The standard InChI is InChI=1S/C23H22ClN9O2/c1-23(7-11-32(23)18-16-15(28-22(25)29-18)5-9-27-19(16)34)21-30-33-10-6-14(24)17(33)20(35)31(21)12-13-4-2-3-8-26-13/h2-4,6,8,10H,5,7,9,11-12H2,1H3,(H,27,34)(H2,25,28,29)/t23-/m0/s1. The van der Waals surface area contributed by atoms with Crippen molar-refractivity contribution in [3.05, 3.63) is 74.8 Å². The Kier molecular flexibility index (Phi) is 4.78. The molecule has 6 rings (SSSR count). The van der Waals surface area contributed by atoms with Crippen LogP contribution in [0.5, 0.6) is 0 Å². The Morgan fingerprint density at radius 1 is 1.23 bits per heavy atom. The highest BCUT2D eigenvalue weighted by atomic mass is 35.5. The van der Waals surface area contributed by atoms with Gasteiger partial charge in [0.25, 0.3) is 11.5 Å². The molecule has 6 heterocycles. The van der Waals surface area contributed by atoms with Gasteiger partial charge in [0.2, 0.25) is 5.95 Å². The number of amides is 1. The molecule has 3 N–H and O–H groups in total. The van der Waals surface area contributed by atoms with Crippen LogP contribution >= 0.6 is 11.6 Å². The number of fused-ring (bicyclic) bond motifs is 2. The van der Waals surface area contributed by atoms with E-state index in [0.29, 0.717) is 65.1 Å². The molecule has 0 unspecified atom stereocenters. The van der Waals surface area contributed by atoms with E-state index in [1.54, 1.807) is 23.0 Å². The Morgan fingerprint density at radius 2 is 2.09 bits per heavy atom. The summed E-state index contributed by atoms with van der Waals surface area (Å²) in [5.74, 6) is 0.834. The number of hydrogen-bond acceptors (Lipinski definition) is 8. The van der Waals surface area contributed by atoms with E-state index in [4.69, 9.17) is 22.4 Å². The number of nitrogens with two attached hydrogens (primary N) is 1. The van der Waals surface area contributed by atoms with Gasteiger partial charge in [-0.05, 0) is 31.5 Å². The number of rotatable bonds is 4. The number of halogens is 1. The SMILES string of the molecule is C[C@@]1(c2nn3ccc(Cl)c3c(=O)n2Cc2ccccn2)CCN1c1nc(N)nc2c1C(=O)NCC2. The fourth-order valence-corrected chi connectivity index (χ4v) is 5.12. The highest BCUT2D eigenvalue weighted by Gasteiger charge is 2.48. The zero-order valence-corrected chi connectivity index (χ0v) is 19.7. The molecule has 0 saturated carbocycles. The number of nitrogen functional groups attached to an aromatic ring is 1. The topological polar surface area (TPSA) is 136 Å². The van der Waals surface area contributed by atoms with Crippen LogP contribution in [-0.2, 0) is 18.5 Å². The van der Waals surface area contributed by atoms with Gasteiger partial charge in [0.15, 0.2) is 5.82 Å². The highest BCUT2D eigenvalue weighted by molar-refractivity contribution is 6.33. The van der Waals surface area contributed by atoms with Crippen molar-refractivity contribution < 1.29 is 4.79 Å². The molecule has 1 fully saturated rings. The summed E-state index contributed by atoms with van der Waals surface area (Å²) in [6, 6.07) is 7.19. The van der Waals surface area contributed by atoms with Crippen LogP contribution in [0.15, 0.2) is 41.5 Å². The van der Waals surface area contributed by atoms with Crippen LogP contribution in [-0.4, -0.2) is 48.1 Å². The second kappa shape index (κ2) is 7.77. The molecular formula is C23H22ClN9O2. The molecule has 4 aromatic heterocycles. The van der Waals surface area contributed by atoms with Gasteiger partial charge in [0.05, 0.1) is 23.0 Å². The van der Waals surface area contributed by atoms with Crippen molar-refractivity contribution in [2.24, 2.45) is 0 Å². The molecule has 0 radical (unpaired) electrons. The Morgan fingerprint density at radius 3 is 2.83 bits per heavy atom. The van der Waals surface area contributed by atoms with Gasteiger partial charge in [-0.15, -0.1) is 0 Å². The van der Waals surface area contributed by atoms with Crippen LogP contribution in [0.4, 0.5) is 11.8 Å². The molecule has 0 bridgehead atoms. The van der Waals surface area contributed by atoms with E-state index in [1.807, 2.05) is 30.0 Å². The van der Waals surface area contributed by atoms with Crippen molar-refractivity contribution >= 4 is 34.8 Å². The number of hydrogen-bond donors (Lipinski definition) is 2. The van der Waals surface area contributed by atoms with E-state index < -0.39 is 5.54 Å². The maximum absolute atomic E-state index is 13.7. The third kappa shape index (κ3) is 3.26. The molecule has 1 atom stereocenters. The minimum absolute atomic E-state index is 0.106.